The minimum Gasteiger partial charge on any atom is -0.508 e. The molecule has 2 amide bonds. The zero-order chi connectivity index (χ0) is 19.6. The van der Waals surface area contributed by atoms with Gasteiger partial charge in [-0.1, -0.05) is 12.1 Å². The summed E-state index contributed by atoms with van der Waals surface area (Å²) in [7, 11) is 2.98. The first-order valence-electron chi connectivity index (χ1n) is 8.53. The molecular weight excluding hydrogens is 348 g/mol. The number of benzene rings is 2. The van der Waals surface area contributed by atoms with Crippen molar-refractivity contribution in [2.24, 2.45) is 0 Å². The lowest BCUT2D eigenvalue weighted by molar-refractivity contribution is -0.119. The fourth-order valence-corrected chi connectivity index (χ4v) is 3.39. The molecule has 27 heavy (non-hydrogen) atoms. The largest absolute Gasteiger partial charge is 0.508 e. The molecule has 0 spiro atoms. The monoisotopic (exact) mass is 370 g/mol. The Morgan fingerprint density at radius 2 is 2.00 bits per heavy atom. The van der Waals surface area contributed by atoms with E-state index in [9.17, 15) is 14.7 Å². The molecule has 0 aliphatic carbocycles. The summed E-state index contributed by atoms with van der Waals surface area (Å²) in [6.45, 7) is 1.80. The van der Waals surface area contributed by atoms with E-state index in [0.29, 0.717) is 17.1 Å². The van der Waals surface area contributed by atoms with Crippen molar-refractivity contribution in [1.82, 2.24) is 0 Å². The Balaban J connectivity index is 2.04. The fraction of sp³-hybridized carbons (Fsp3) is 0.300. The van der Waals surface area contributed by atoms with Gasteiger partial charge < -0.3 is 25.2 Å². The second-order valence-corrected chi connectivity index (χ2v) is 6.41. The molecule has 7 nitrogen and oxygen atoms in total. The quantitative estimate of drug-likeness (QED) is 0.752. The average Bonchev–Trinajstić information content (AvgIpc) is 2.64. The summed E-state index contributed by atoms with van der Waals surface area (Å²) in [5.41, 5.74) is 3.83. The first-order chi connectivity index (χ1) is 12.9. The summed E-state index contributed by atoms with van der Waals surface area (Å²) < 4.78 is 10.2. The Morgan fingerprint density at radius 1 is 1.26 bits per heavy atom. The first kappa shape index (κ1) is 18.7. The van der Waals surface area contributed by atoms with Crippen molar-refractivity contribution in [1.29, 1.82) is 0 Å². The number of nitrogens with one attached hydrogen (secondary N) is 2. The van der Waals surface area contributed by atoms with Crippen molar-refractivity contribution < 1.29 is 24.2 Å². The molecule has 1 heterocycles. The van der Waals surface area contributed by atoms with Gasteiger partial charge in [-0.15, -0.1) is 0 Å². The van der Waals surface area contributed by atoms with Gasteiger partial charge in [-0.05, 0) is 30.2 Å². The van der Waals surface area contributed by atoms with Crippen molar-refractivity contribution in [2.45, 2.75) is 19.3 Å². The van der Waals surface area contributed by atoms with Crippen LogP contribution >= 0.6 is 0 Å². The van der Waals surface area contributed by atoms with Crippen LogP contribution in [0.3, 0.4) is 0 Å². The Hall–Kier alpha value is -3.06. The number of phenols is 1. The molecular formula is C20H22N2O5. The van der Waals surface area contributed by atoms with Gasteiger partial charge in [0.25, 0.3) is 0 Å². The second kappa shape index (κ2) is 7.67. The van der Waals surface area contributed by atoms with Gasteiger partial charge in [0.15, 0.2) is 0 Å². The van der Waals surface area contributed by atoms with Crippen LogP contribution in [0.1, 0.15) is 29.0 Å². The van der Waals surface area contributed by atoms with E-state index in [1.807, 2.05) is 19.1 Å². The number of phenolic OH excluding ortho intramolecular Hbond substituents is 1. The highest BCUT2D eigenvalue weighted by Gasteiger charge is 2.30. The molecule has 0 aromatic heterocycles. The number of methoxy groups -OCH3 is 2. The SMILES string of the molecule is COCC(=O)Nc1ccc2c(c1C)NC(=O)CC2c1ccc(O)cc1OC. The molecule has 2 aromatic rings. The minimum atomic E-state index is -0.264. The average molecular weight is 370 g/mol. The van der Waals surface area contributed by atoms with E-state index in [2.05, 4.69) is 10.6 Å². The maximum atomic E-state index is 12.4. The summed E-state index contributed by atoms with van der Waals surface area (Å²) in [4.78, 5) is 24.2. The number of fused-ring (bicyclic) bond motifs is 1. The topological polar surface area (TPSA) is 96.9 Å². The Labute approximate surface area is 157 Å². The van der Waals surface area contributed by atoms with Crippen LogP contribution in [0.5, 0.6) is 11.5 Å². The second-order valence-electron chi connectivity index (χ2n) is 6.41. The third-order valence-electron chi connectivity index (χ3n) is 4.67. The molecule has 0 saturated heterocycles. The predicted molar refractivity (Wildman–Crippen MR) is 101 cm³/mol. The van der Waals surface area contributed by atoms with Gasteiger partial charge in [-0.2, -0.15) is 0 Å². The van der Waals surface area contributed by atoms with E-state index in [4.69, 9.17) is 9.47 Å². The molecule has 2 aromatic carbocycles. The number of rotatable bonds is 5. The number of anilines is 2. The van der Waals surface area contributed by atoms with E-state index < -0.39 is 0 Å². The maximum Gasteiger partial charge on any atom is 0.250 e. The normalized spacial score (nSPS) is 15.7. The van der Waals surface area contributed by atoms with Crippen molar-refractivity contribution in [2.75, 3.05) is 31.5 Å². The van der Waals surface area contributed by atoms with Gasteiger partial charge in [0.1, 0.15) is 18.1 Å². The van der Waals surface area contributed by atoms with Crippen molar-refractivity contribution in [3.63, 3.8) is 0 Å². The smallest absolute Gasteiger partial charge is 0.250 e. The van der Waals surface area contributed by atoms with E-state index in [1.54, 1.807) is 12.1 Å². The van der Waals surface area contributed by atoms with E-state index in [1.165, 1.54) is 20.3 Å². The van der Waals surface area contributed by atoms with Gasteiger partial charge in [-0.3, -0.25) is 9.59 Å². The summed E-state index contributed by atoms with van der Waals surface area (Å²) in [5, 5.41) is 15.4. The molecule has 7 heteroatoms. The predicted octanol–water partition coefficient (Wildman–Crippen LogP) is 2.77. The zero-order valence-corrected chi connectivity index (χ0v) is 15.5. The van der Waals surface area contributed by atoms with Crippen LogP contribution in [0.25, 0.3) is 0 Å². The molecule has 1 atom stereocenters. The number of carbonyl (C=O) groups is 2. The number of amides is 2. The van der Waals surface area contributed by atoms with Crippen LogP contribution in [0.2, 0.25) is 0 Å². The number of aromatic hydroxyl groups is 1. The third-order valence-corrected chi connectivity index (χ3v) is 4.67. The molecule has 3 rings (SSSR count). The first-order valence-corrected chi connectivity index (χ1v) is 8.53. The molecule has 0 bridgehead atoms. The van der Waals surface area contributed by atoms with Gasteiger partial charge in [0.05, 0.1) is 7.11 Å². The van der Waals surface area contributed by atoms with Crippen LogP contribution in [0.15, 0.2) is 30.3 Å². The van der Waals surface area contributed by atoms with Gasteiger partial charge >= 0.3 is 0 Å². The minimum absolute atomic E-state index is 0.0454. The molecule has 0 radical (unpaired) electrons. The molecule has 142 valence electrons. The van der Waals surface area contributed by atoms with E-state index in [-0.39, 0.29) is 36.5 Å². The summed E-state index contributed by atoms with van der Waals surface area (Å²) >= 11 is 0. The van der Waals surface area contributed by atoms with Gasteiger partial charge in [0.2, 0.25) is 11.8 Å². The van der Waals surface area contributed by atoms with Gasteiger partial charge in [0, 0.05) is 42.5 Å². The zero-order valence-electron chi connectivity index (χ0n) is 15.5. The lowest BCUT2D eigenvalue weighted by Crippen LogP contribution is -2.25. The maximum absolute atomic E-state index is 12.4. The highest BCUT2D eigenvalue weighted by atomic mass is 16.5. The van der Waals surface area contributed by atoms with E-state index >= 15 is 0 Å². The van der Waals surface area contributed by atoms with Gasteiger partial charge in [-0.25, -0.2) is 0 Å². The molecule has 0 saturated carbocycles. The molecule has 1 unspecified atom stereocenters. The standard InChI is InChI=1S/C20H22N2O5/c1-11-16(21-19(25)10-26-2)7-6-14-15(9-18(24)22-20(11)14)13-5-4-12(23)8-17(13)27-3/h4-8,15,23H,9-10H2,1-3H3,(H,21,25)(H,22,24). The van der Waals surface area contributed by atoms with Crippen molar-refractivity contribution >= 4 is 23.2 Å². The van der Waals surface area contributed by atoms with Crippen LogP contribution < -0.4 is 15.4 Å². The fourth-order valence-electron chi connectivity index (χ4n) is 3.39. The third kappa shape index (κ3) is 3.73. The lowest BCUT2D eigenvalue weighted by atomic mass is 9.83. The highest BCUT2D eigenvalue weighted by Crippen LogP contribution is 2.44. The van der Waals surface area contributed by atoms with Crippen LogP contribution in [-0.4, -0.2) is 37.7 Å². The highest BCUT2D eigenvalue weighted by molar-refractivity contribution is 5.99. The number of carbonyl (C=O) groups excluding carboxylic acids is 2. The van der Waals surface area contributed by atoms with E-state index in [0.717, 1.165) is 16.7 Å². The van der Waals surface area contributed by atoms with Crippen LogP contribution in [-0.2, 0) is 14.3 Å². The molecule has 1 aliphatic heterocycles. The Morgan fingerprint density at radius 3 is 2.70 bits per heavy atom. The van der Waals surface area contributed by atoms with Crippen LogP contribution in [0.4, 0.5) is 11.4 Å². The molecule has 1 aliphatic rings. The molecule has 0 fully saturated rings. The lowest BCUT2D eigenvalue weighted by Gasteiger charge is -2.29. The summed E-state index contributed by atoms with van der Waals surface area (Å²) in [6.07, 6.45) is 0.267. The number of ether oxygens (including phenoxy) is 2. The van der Waals surface area contributed by atoms with Crippen LogP contribution in [0, 0.1) is 6.92 Å². The number of hydrogen-bond donors (Lipinski definition) is 3. The van der Waals surface area contributed by atoms with Crippen molar-refractivity contribution in [3.8, 4) is 11.5 Å². The summed E-state index contributed by atoms with van der Waals surface area (Å²) in [5.74, 6) is 0.0245. The van der Waals surface area contributed by atoms with Crippen molar-refractivity contribution in [3.05, 3.63) is 47.0 Å². The Kier molecular flexibility index (Phi) is 5.32. The number of hydrogen-bond acceptors (Lipinski definition) is 5. The summed E-state index contributed by atoms with van der Waals surface area (Å²) in [6, 6.07) is 8.59. The Bertz CT molecular complexity index is 894. The molecule has 3 N–H and O–H groups in total.